The van der Waals surface area contributed by atoms with E-state index in [2.05, 4.69) is 11.9 Å². The molecule has 0 saturated heterocycles. The normalized spacial score (nSPS) is 14.4. The van der Waals surface area contributed by atoms with E-state index in [0.29, 0.717) is 18.5 Å². The lowest BCUT2D eigenvalue weighted by atomic mass is 10.1. The van der Waals surface area contributed by atoms with E-state index in [9.17, 15) is 14.3 Å². The van der Waals surface area contributed by atoms with Crippen molar-refractivity contribution in [2.45, 2.75) is 39.0 Å². The van der Waals surface area contributed by atoms with Gasteiger partial charge in [0.25, 0.3) is 0 Å². The summed E-state index contributed by atoms with van der Waals surface area (Å²) >= 11 is 0. The van der Waals surface area contributed by atoms with E-state index in [0.717, 1.165) is 25.7 Å². The maximum absolute atomic E-state index is 11.6. The Morgan fingerprint density at radius 3 is 2.27 bits per heavy atom. The number of nitrogens with zero attached hydrogens (tertiary/aromatic N) is 1. The molecule has 22 heavy (non-hydrogen) atoms. The van der Waals surface area contributed by atoms with E-state index in [4.69, 9.17) is 9.15 Å². The predicted octanol–water partition coefficient (Wildman–Crippen LogP) is 2.38. The molecule has 1 atom stereocenters. The van der Waals surface area contributed by atoms with Crippen LogP contribution in [0.3, 0.4) is 0 Å². The molecule has 0 radical (unpaired) electrons. The molecule has 0 bridgehead atoms. The molecule has 0 aliphatic heterocycles. The van der Waals surface area contributed by atoms with Crippen molar-refractivity contribution in [3.8, 4) is 0 Å². The molecule has 0 fully saturated rings. The summed E-state index contributed by atoms with van der Waals surface area (Å²) in [5, 5.41) is 2.77. The Morgan fingerprint density at radius 2 is 1.73 bits per heavy atom. The summed E-state index contributed by atoms with van der Waals surface area (Å²) in [6.07, 6.45) is 4.48. The third-order valence-electron chi connectivity index (χ3n) is 2.60. The zero-order valence-electron chi connectivity index (χ0n) is 14.1. The van der Waals surface area contributed by atoms with Gasteiger partial charge < -0.3 is 5.32 Å². The van der Waals surface area contributed by atoms with E-state index < -0.39 is 7.82 Å². The number of amides is 1. The summed E-state index contributed by atoms with van der Waals surface area (Å²) in [5.74, 6) is -0.107. The highest BCUT2D eigenvalue weighted by Gasteiger charge is 2.30. The fourth-order valence-corrected chi connectivity index (χ4v) is 2.65. The minimum Gasteiger partial charge on any atom is -0.352 e. The number of phosphoric acid groups is 1. The highest BCUT2D eigenvalue weighted by molar-refractivity contribution is 7.47. The fourth-order valence-electron chi connectivity index (χ4n) is 1.62. The summed E-state index contributed by atoms with van der Waals surface area (Å²) in [4.78, 5) is 20.7. The van der Waals surface area contributed by atoms with Crippen molar-refractivity contribution < 1.29 is 28.0 Å². The van der Waals surface area contributed by atoms with Gasteiger partial charge in [-0.15, -0.1) is 0 Å². The highest BCUT2D eigenvalue weighted by atomic mass is 31.2. The van der Waals surface area contributed by atoms with Crippen molar-refractivity contribution >= 4 is 13.7 Å². The second kappa shape index (κ2) is 10.1. The summed E-state index contributed by atoms with van der Waals surface area (Å²) in [5.41, 5.74) is 0.515. The van der Waals surface area contributed by atoms with Gasteiger partial charge in [0.2, 0.25) is 5.91 Å². The average Bonchev–Trinajstić information content (AvgIpc) is 2.33. The van der Waals surface area contributed by atoms with Crippen molar-refractivity contribution in [1.29, 1.82) is 0 Å². The van der Waals surface area contributed by atoms with Gasteiger partial charge in [0.1, 0.15) is 0 Å². The number of hydrogen-bond donors (Lipinski definition) is 2. The molecule has 0 aromatic heterocycles. The van der Waals surface area contributed by atoms with Gasteiger partial charge in [0, 0.05) is 12.1 Å². The number of rotatable bonds is 12. The van der Waals surface area contributed by atoms with Crippen LogP contribution in [0.15, 0.2) is 12.2 Å². The van der Waals surface area contributed by atoms with Crippen LogP contribution in [0.1, 0.15) is 39.0 Å². The van der Waals surface area contributed by atoms with E-state index in [1.54, 1.807) is 28.1 Å². The predicted molar refractivity (Wildman–Crippen MR) is 85.8 cm³/mol. The Kier molecular flexibility index (Phi) is 9.80. The maximum atomic E-state index is 11.6. The lowest BCUT2D eigenvalue weighted by Gasteiger charge is -2.22. The third kappa shape index (κ3) is 13.0. The van der Waals surface area contributed by atoms with Gasteiger partial charge in [-0.3, -0.25) is 14.2 Å². The van der Waals surface area contributed by atoms with Crippen molar-refractivity contribution in [2.75, 3.05) is 34.3 Å². The Bertz CT molecular complexity index is 407. The van der Waals surface area contributed by atoms with E-state index in [1.807, 2.05) is 0 Å². The van der Waals surface area contributed by atoms with Crippen LogP contribution < -0.4 is 5.32 Å². The van der Waals surface area contributed by atoms with E-state index in [-0.39, 0.29) is 17.2 Å². The quantitative estimate of drug-likeness (QED) is 0.188. The number of phosphoric ester groups is 1. The van der Waals surface area contributed by atoms with Gasteiger partial charge in [0.05, 0.1) is 27.7 Å². The molecule has 0 saturated carbocycles. The third-order valence-corrected chi connectivity index (χ3v) is 3.80. The molecule has 0 aromatic carbocycles. The Balaban J connectivity index is 3.53. The first kappa shape index (κ1) is 21.3. The smallest absolute Gasteiger partial charge is 0.352 e. The lowest BCUT2D eigenvalue weighted by molar-refractivity contribution is -1.04. The molecule has 8 heteroatoms. The first-order valence-electron chi connectivity index (χ1n) is 7.47. The molecule has 7 nitrogen and oxygen atoms in total. The number of hydroxylamine groups is 3. The standard InChI is InChI=1S/C14H29N2O5P/c1-13(2)14(17)15-11-9-7-6-8-10-12-20-22(18,19)21-16(3,4)5/h1,6-12H2,2-5H3,(H-,15,17,18,19)/p+1. The Labute approximate surface area is 133 Å². The summed E-state index contributed by atoms with van der Waals surface area (Å²) in [6, 6.07) is 0. The molecule has 1 unspecified atom stereocenters. The Morgan fingerprint density at radius 1 is 1.18 bits per heavy atom. The second-order valence-corrected chi connectivity index (χ2v) is 7.44. The highest BCUT2D eigenvalue weighted by Crippen LogP contribution is 2.45. The van der Waals surface area contributed by atoms with Crippen LogP contribution in [0.4, 0.5) is 0 Å². The van der Waals surface area contributed by atoms with E-state index in [1.165, 1.54) is 0 Å². The van der Waals surface area contributed by atoms with Crippen molar-refractivity contribution in [1.82, 2.24) is 5.32 Å². The van der Waals surface area contributed by atoms with Gasteiger partial charge >= 0.3 is 7.82 Å². The SMILES string of the molecule is C=C(C)C(=O)NCCCCCCCOP(=O)(O)O[N+](C)(C)C. The minimum atomic E-state index is -3.98. The molecule has 0 aliphatic carbocycles. The minimum absolute atomic E-state index is 0.0936. The van der Waals surface area contributed by atoms with Gasteiger partial charge in [-0.2, -0.15) is 4.65 Å². The molecule has 2 N–H and O–H groups in total. The zero-order valence-corrected chi connectivity index (χ0v) is 15.0. The molecule has 0 aliphatic rings. The van der Waals surface area contributed by atoms with Gasteiger partial charge in [-0.1, -0.05) is 30.5 Å². The summed E-state index contributed by atoms with van der Waals surface area (Å²) in [7, 11) is 0.929. The number of hydrogen-bond acceptors (Lipinski definition) is 4. The number of nitrogens with one attached hydrogen (secondary N) is 1. The van der Waals surface area contributed by atoms with Crippen molar-refractivity contribution in [2.24, 2.45) is 0 Å². The average molecular weight is 337 g/mol. The van der Waals surface area contributed by atoms with Gasteiger partial charge in [0.15, 0.2) is 0 Å². The first-order valence-corrected chi connectivity index (χ1v) is 8.97. The topological polar surface area (TPSA) is 84.9 Å². The zero-order chi connectivity index (χ0) is 17.2. The number of carbonyl (C=O) groups is 1. The molecule has 1 amide bonds. The monoisotopic (exact) mass is 337 g/mol. The molecule has 0 spiro atoms. The lowest BCUT2D eigenvalue weighted by Crippen LogP contribution is -2.33. The van der Waals surface area contributed by atoms with Crippen LogP contribution in [0.2, 0.25) is 0 Å². The van der Waals surface area contributed by atoms with Crippen molar-refractivity contribution in [3.63, 3.8) is 0 Å². The molecular weight excluding hydrogens is 307 g/mol. The molecule has 0 heterocycles. The molecular formula is C14H30N2O5P+. The van der Waals surface area contributed by atoms with Crippen molar-refractivity contribution in [3.05, 3.63) is 12.2 Å². The van der Waals surface area contributed by atoms with Crippen LogP contribution in [0, 0.1) is 0 Å². The van der Waals surface area contributed by atoms with E-state index >= 15 is 0 Å². The second-order valence-electron chi connectivity index (χ2n) is 6.08. The number of quaternary nitrogens is 1. The Hall–Kier alpha value is -0.720. The first-order chi connectivity index (χ1) is 10.0. The van der Waals surface area contributed by atoms with Gasteiger partial charge in [-0.05, 0) is 19.8 Å². The van der Waals surface area contributed by atoms with Crippen LogP contribution >= 0.6 is 7.82 Å². The summed E-state index contributed by atoms with van der Waals surface area (Å²) in [6.45, 7) is 6.08. The van der Waals surface area contributed by atoms with Crippen LogP contribution in [-0.4, -0.2) is 49.7 Å². The number of carbonyl (C=O) groups excluding carboxylic acids is 1. The molecule has 0 rings (SSSR count). The molecule has 0 aromatic rings. The molecule has 130 valence electrons. The van der Waals surface area contributed by atoms with Crippen LogP contribution in [0.5, 0.6) is 0 Å². The van der Waals surface area contributed by atoms with Gasteiger partial charge in [-0.25, -0.2) is 4.57 Å². The number of unbranched alkanes of at least 4 members (excludes halogenated alkanes) is 4. The van der Waals surface area contributed by atoms with Crippen LogP contribution in [-0.2, 0) is 18.5 Å². The summed E-state index contributed by atoms with van der Waals surface area (Å²) < 4.78 is 21.3. The maximum Gasteiger partial charge on any atom is 0.518 e. The largest absolute Gasteiger partial charge is 0.518 e. The fraction of sp³-hybridized carbons (Fsp3) is 0.786. The van der Waals surface area contributed by atoms with Crippen LogP contribution in [0.25, 0.3) is 0 Å².